The van der Waals surface area contributed by atoms with E-state index in [2.05, 4.69) is 34.1 Å². The number of imide groups is 1. The van der Waals surface area contributed by atoms with E-state index >= 15 is 0 Å². The first-order valence-electron chi connectivity index (χ1n) is 18.5. The Hall–Kier alpha value is -4.65. The lowest BCUT2D eigenvalue weighted by molar-refractivity contribution is -0.142. The fourth-order valence-electron chi connectivity index (χ4n) is 6.69. The van der Waals surface area contributed by atoms with Crippen LogP contribution in [0.15, 0.2) is 42.0 Å². The summed E-state index contributed by atoms with van der Waals surface area (Å²) >= 11 is 0. The van der Waals surface area contributed by atoms with Gasteiger partial charge in [0, 0.05) is 49.6 Å². The number of rotatable bonds is 19. The van der Waals surface area contributed by atoms with Gasteiger partial charge in [-0.3, -0.25) is 33.7 Å². The fraction of sp³-hybridized carbons (Fsp3) is 0.585. The Kier molecular flexibility index (Phi) is 16.1. The van der Waals surface area contributed by atoms with Crippen molar-refractivity contribution in [2.75, 3.05) is 20.6 Å². The molecule has 13 heteroatoms. The molecule has 1 heterocycles. The quantitative estimate of drug-likeness (QED) is 0.121. The summed E-state index contributed by atoms with van der Waals surface area (Å²) in [7, 11) is 3.34. The minimum Gasteiger partial charge on any atom is -0.480 e. The number of carboxylic acids is 1. The van der Waals surface area contributed by atoms with Crippen LogP contribution in [0.1, 0.15) is 97.8 Å². The molecule has 0 fully saturated rings. The van der Waals surface area contributed by atoms with Gasteiger partial charge in [-0.2, -0.15) is 0 Å². The van der Waals surface area contributed by atoms with Gasteiger partial charge in [0.1, 0.15) is 17.9 Å². The molecule has 0 saturated heterocycles. The maximum atomic E-state index is 14.3. The van der Waals surface area contributed by atoms with Gasteiger partial charge in [0.15, 0.2) is 0 Å². The highest BCUT2D eigenvalue weighted by Gasteiger charge is 2.42. The number of Topliss-reactive ketones (excluding diaryl/α,β-unsaturated/α-hetero) is 1. The van der Waals surface area contributed by atoms with Crippen LogP contribution in [0, 0.1) is 25.2 Å². The molecule has 5 amide bonds. The molecule has 0 spiro atoms. The molecule has 1 aliphatic heterocycles. The second kappa shape index (κ2) is 19.1. The Balaban J connectivity index is 2.17. The monoisotopic (exact) mass is 751 g/mol. The van der Waals surface area contributed by atoms with Crippen molar-refractivity contribution in [1.82, 2.24) is 25.8 Å². The smallest absolute Gasteiger partial charge is 0.326 e. The molecule has 1 aromatic carbocycles. The predicted octanol–water partition coefficient (Wildman–Crippen LogP) is 3.75. The number of hydrogen-bond acceptors (Lipinski definition) is 8. The maximum absolute atomic E-state index is 14.3. The highest BCUT2D eigenvalue weighted by molar-refractivity contribution is 6.12. The molecule has 0 aromatic heterocycles. The summed E-state index contributed by atoms with van der Waals surface area (Å²) in [6.45, 7) is 19.0. The molecule has 2 rings (SSSR count). The van der Waals surface area contributed by atoms with Gasteiger partial charge in [-0.05, 0) is 57.6 Å². The van der Waals surface area contributed by atoms with Crippen LogP contribution < -0.4 is 16.0 Å². The number of nitrogens with one attached hydrogen (secondary N) is 3. The van der Waals surface area contributed by atoms with Crippen LogP contribution in [0.3, 0.4) is 0 Å². The van der Waals surface area contributed by atoms with Gasteiger partial charge >= 0.3 is 5.97 Å². The number of nitrogens with zero attached hydrogens (tertiary/aromatic N) is 2. The van der Waals surface area contributed by atoms with Crippen molar-refractivity contribution in [3.05, 3.63) is 58.7 Å². The van der Waals surface area contributed by atoms with Gasteiger partial charge in [-0.15, -0.1) is 0 Å². The lowest BCUT2D eigenvalue weighted by Crippen LogP contribution is -2.61. The Labute approximate surface area is 320 Å². The van der Waals surface area contributed by atoms with Crippen LogP contribution >= 0.6 is 0 Å². The number of likely N-dealkylation sites (N-methyl/N-ethyl adjacent to an activating group) is 2. The average molecular weight is 752 g/mol. The van der Waals surface area contributed by atoms with Crippen LogP contribution in [0.4, 0.5) is 0 Å². The van der Waals surface area contributed by atoms with Gasteiger partial charge in [0.05, 0.1) is 12.1 Å². The van der Waals surface area contributed by atoms with E-state index in [1.807, 2.05) is 62.3 Å². The van der Waals surface area contributed by atoms with E-state index in [1.165, 1.54) is 11.8 Å². The third-order valence-corrected chi connectivity index (χ3v) is 9.95. The van der Waals surface area contributed by atoms with Gasteiger partial charge < -0.3 is 26.0 Å². The molecule has 1 aliphatic rings. The molecule has 4 N–H and O–H groups in total. The van der Waals surface area contributed by atoms with Crippen LogP contribution in [-0.2, 0) is 39.0 Å². The van der Waals surface area contributed by atoms with Gasteiger partial charge in [0.2, 0.25) is 17.7 Å². The first kappa shape index (κ1) is 45.5. The molecule has 0 radical (unpaired) electrons. The number of carbonyl (C=O) groups is 7. The Morgan fingerprint density at radius 3 is 1.93 bits per heavy atom. The minimum atomic E-state index is -1.35. The molecule has 0 aliphatic carbocycles. The molecule has 4 atom stereocenters. The second-order valence-corrected chi connectivity index (χ2v) is 16.4. The van der Waals surface area contributed by atoms with Crippen molar-refractivity contribution in [1.29, 1.82) is 0 Å². The van der Waals surface area contributed by atoms with Crippen LogP contribution in [0.25, 0.3) is 0 Å². The first-order chi connectivity index (χ1) is 24.9. The zero-order valence-corrected chi connectivity index (χ0v) is 34.1. The molecule has 1 aromatic rings. The van der Waals surface area contributed by atoms with Crippen molar-refractivity contribution in [2.24, 2.45) is 11.3 Å². The Bertz CT molecular complexity index is 1620. The second-order valence-electron chi connectivity index (χ2n) is 16.4. The SMILES string of the molecule is CN[C@H](C(=O)N[C@H](C(=O)N(C)[C@H](/C=C(\C)C(=O)N[C@H](CCC(=O)CCCN1C(=O)C=CC1=O)C(=O)O)C(C)C)C(C)(C)C)C(C)(C)c1cc(C)cc(C)c1. The van der Waals surface area contributed by atoms with Gasteiger partial charge in [-0.25, -0.2) is 4.79 Å². The number of carboxylic acid groups (broad SMARTS) is 1. The maximum Gasteiger partial charge on any atom is 0.326 e. The number of aryl methyl sites for hydroxylation is 2. The first-order valence-corrected chi connectivity index (χ1v) is 18.5. The summed E-state index contributed by atoms with van der Waals surface area (Å²) in [5.41, 5.74) is 2.02. The summed E-state index contributed by atoms with van der Waals surface area (Å²) < 4.78 is 0. The molecule has 0 unspecified atom stereocenters. The highest BCUT2D eigenvalue weighted by atomic mass is 16.4. The van der Waals surface area contributed by atoms with E-state index in [0.29, 0.717) is 0 Å². The van der Waals surface area contributed by atoms with E-state index in [0.717, 1.165) is 33.7 Å². The molecule has 54 heavy (non-hydrogen) atoms. The zero-order valence-electron chi connectivity index (χ0n) is 34.1. The molecule has 298 valence electrons. The number of ketones is 1. The third kappa shape index (κ3) is 12.2. The van der Waals surface area contributed by atoms with E-state index in [9.17, 15) is 38.7 Å². The standard InChI is InChI=1S/C41H61N5O8/c1-24(2)31(23-27(5)36(50)43-30(39(53)54)16-15-29(47)14-13-19-46-32(48)17-18-33(46)49)45(12)38(52)35(40(6,7)8)44-37(51)34(42-11)41(9,10)28-21-25(3)20-26(4)22-28/h17-18,20-24,30-31,34-35,42H,13-16,19H2,1-12H3,(H,43,50)(H,44,51)(H,53,54)/b27-23+/t30-,31-,34-,35-/m1/s1. The van der Waals surface area contributed by atoms with E-state index in [1.54, 1.807) is 20.2 Å². The van der Waals surface area contributed by atoms with Gasteiger partial charge in [-0.1, -0.05) is 83.9 Å². The van der Waals surface area contributed by atoms with Crippen LogP contribution in [0.5, 0.6) is 0 Å². The van der Waals surface area contributed by atoms with Crippen molar-refractivity contribution >= 4 is 41.3 Å². The number of carbonyl (C=O) groups excluding carboxylic acids is 6. The van der Waals surface area contributed by atoms with E-state index in [4.69, 9.17) is 0 Å². The van der Waals surface area contributed by atoms with Crippen LogP contribution in [-0.4, -0.2) is 101 Å². The molecular formula is C41H61N5O8. The summed E-state index contributed by atoms with van der Waals surface area (Å²) in [5, 5.41) is 18.5. The number of aliphatic carboxylic acids is 1. The topological polar surface area (TPSA) is 182 Å². The fourth-order valence-corrected chi connectivity index (χ4v) is 6.69. The van der Waals surface area contributed by atoms with E-state index < -0.39 is 58.7 Å². The molecule has 0 bridgehead atoms. The van der Waals surface area contributed by atoms with Crippen molar-refractivity contribution in [2.45, 2.75) is 125 Å². The average Bonchev–Trinajstić information content (AvgIpc) is 3.38. The van der Waals surface area contributed by atoms with Crippen molar-refractivity contribution < 1.29 is 38.7 Å². The lowest BCUT2D eigenvalue weighted by Gasteiger charge is -2.40. The number of hydrogen-bond donors (Lipinski definition) is 4. The highest BCUT2D eigenvalue weighted by Crippen LogP contribution is 2.30. The lowest BCUT2D eigenvalue weighted by atomic mass is 9.76. The largest absolute Gasteiger partial charge is 0.480 e. The summed E-state index contributed by atoms with van der Waals surface area (Å²) in [6, 6.07) is 2.67. The number of benzene rings is 1. The number of amides is 5. The minimum absolute atomic E-state index is 0.0442. The zero-order chi connectivity index (χ0) is 41.3. The molecular weight excluding hydrogens is 690 g/mol. The Morgan fingerprint density at radius 2 is 1.44 bits per heavy atom. The predicted molar refractivity (Wildman–Crippen MR) is 207 cm³/mol. The van der Waals surface area contributed by atoms with Crippen molar-refractivity contribution in [3.63, 3.8) is 0 Å². The summed E-state index contributed by atoms with van der Waals surface area (Å²) in [5.74, 6) is -3.95. The summed E-state index contributed by atoms with van der Waals surface area (Å²) in [4.78, 5) is 92.0. The van der Waals surface area contributed by atoms with Crippen LogP contribution in [0.2, 0.25) is 0 Å². The van der Waals surface area contributed by atoms with Crippen molar-refractivity contribution in [3.8, 4) is 0 Å². The summed E-state index contributed by atoms with van der Waals surface area (Å²) in [6.07, 6.45) is 3.96. The van der Waals surface area contributed by atoms with Gasteiger partial charge in [0.25, 0.3) is 11.8 Å². The molecule has 0 saturated carbocycles. The molecule has 13 nitrogen and oxygen atoms in total. The third-order valence-electron chi connectivity index (χ3n) is 9.95. The Morgan fingerprint density at radius 1 is 0.889 bits per heavy atom. The van der Waals surface area contributed by atoms with E-state index in [-0.39, 0.29) is 61.3 Å². The normalized spacial score (nSPS) is 15.9.